The molecule has 0 aliphatic carbocycles. The van der Waals surface area contributed by atoms with Crippen molar-refractivity contribution in [1.82, 2.24) is 0 Å². The Balaban J connectivity index is 1.72. The number of benzene rings is 3. The second-order valence-electron chi connectivity index (χ2n) is 7.41. The van der Waals surface area contributed by atoms with Crippen LogP contribution in [0.2, 0.25) is 0 Å². The van der Waals surface area contributed by atoms with Crippen LogP contribution in [0.4, 0.5) is 11.4 Å². The van der Waals surface area contributed by atoms with Gasteiger partial charge in [-0.1, -0.05) is 44.2 Å². The van der Waals surface area contributed by atoms with Crippen LogP contribution in [-0.2, 0) is 20.6 Å². The minimum absolute atomic E-state index is 0.0954. The number of rotatable bonds is 9. The number of hydrogen-bond acceptors (Lipinski definition) is 5. The number of thioether (sulfide) groups is 2. The fourth-order valence-electron chi connectivity index (χ4n) is 2.80. The Kier molecular flexibility index (Phi) is 8.28. The highest BCUT2D eigenvalue weighted by molar-refractivity contribution is 7.99. The van der Waals surface area contributed by atoms with Gasteiger partial charge >= 0.3 is 0 Å². The molecule has 0 saturated carbocycles. The lowest BCUT2D eigenvalue weighted by molar-refractivity contribution is -0.118. The van der Waals surface area contributed by atoms with Gasteiger partial charge in [0.2, 0.25) is 5.91 Å². The lowest BCUT2D eigenvalue weighted by Crippen LogP contribution is -2.19. The van der Waals surface area contributed by atoms with E-state index in [1.807, 2.05) is 36.6 Å². The summed E-state index contributed by atoms with van der Waals surface area (Å²) >= 11 is 3.17. The standard InChI is InChI=1S/C24H26N2O3S3/c1-17(2)24(27)25-22-15-21(13-14-23(22)30-3)32(28,29)26-19-11-9-18(10-12-19)16-31-20-7-5-4-6-8-20/h4-15,17,26H,16H2,1-3H3,(H,25,27). The summed E-state index contributed by atoms with van der Waals surface area (Å²) < 4.78 is 28.5. The lowest BCUT2D eigenvalue weighted by atomic mass is 10.2. The quantitative estimate of drug-likeness (QED) is 0.358. The predicted molar refractivity (Wildman–Crippen MR) is 135 cm³/mol. The highest BCUT2D eigenvalue weighted by Crippen LogP contribution is 2.30. The van der Waals surface area contributed by atoms with Gasteiger partial charge in [0.15, 0.2) is 0 Å². The minimum Gasteiger partial charge on any atom is -0.325 e. The Labute approximate surface area is 198 Å². The molecule has 0 saturated heterocycles. The van der Waals surface area contributed by atoms with Gasteiger partial charge in [0.1, 0.15) is 0 Å². The molecule has 168 valence electrons. The molecule has 0 aliphatic heterocycles. The third kappa shape index (κ3) is 6.54. The van der Waals surface area contributed by atoms with Crippen molar-refractivity contribution in [2.24, 2.45) is 5.92 Å². The minimum atomic E-state index is -3.80. The van der Waals surface area contributed by atoms with Gasteiger partial charge < -0.3 is 5.32 Å². The fraction of sp³-hybridized carbons (Fsp3) is 0.208. The van der Waals surface area contributed by atoms with Crippen LogP contribution in [0.15, 0.2) is 87.5 Å². The molecule has 0 fully saturated rings. The summed E-state index contributed by atoms with van der Waals surface area (Å²) in [6.45, 7) is 3.58. The van der Waals surface area contributed by atoms with E-state index in [0.29, 0.717) is 11.4 Å². The van der Waals surface area contributed by atoms with Gasteiger partial charge in [0, 0.05) is 27.1 Å². The van der Waals surface area contributed by atoms with Crippen LogP contribution >= 0.6 is 23.5 Å². The Morgan fingerprint density at radius 2 is 1.66 bits per heavy atom. The topological polar surface area (TPSA) is 75.3 Å². The Bertz CT molecular complexity index is 1160. The average Bonchev–Trinajstić information content (AvgIpc) is 2.79. The molecule has 32 heavy (non-hydrogen) atoms. The average molecular weight is 487 g/mol. The van der Waals surface area contributed by atoms with Crippen LogP contribution in [0, 0.1) is 5.92 Å². The molecule has 3 aromatic carbocycles. The van der Waals surface area contributed by atoms with Crippen LogP contribution in [0.5, 0.6) is 0 Å². The zero-order valence-corrected chi connectivity index (χ0v) is 20.6. The van der Waals surface area contributed by atoms with Crippen molar-refractivity contribution < 1.29 is 13.2 Å². The lowest BCUT2D eigenvalue weighted by Gasteiger charge is -2.14. The maximum atomic E-state index is 12.9. The van der Waals surface area contributed by atoms with E-state index in [1.54, 1.807) is 49.9 Å². The second-order valence-corrected chi connectivity index (χ2v) is 11.0. The fourth-order valence-corrected chi connectivity index (χ4v) is 5.29. The summed E-state index contributed by atoms with van der Waals surface area (Å²) in [6, 6.07) is 22.2. The van der Waals surface area contributed by atoms with E-state index >= 15 is 0 Å². The number of hydrogen-bond donors (Lipinski definition) is 2. The smallest absolute Gasteiger partial charge is 0.261 e. The summed E-state index contributed by atoms with van der Waals surface area (Å²) in [5, 5.41) is 2.82. The molecule has 0 radical (unpaired) electrons. The summed E-state index contributed by atoms with van der Waals surface area (Å²) in [7, 11) is -3.80. The molecule has 0 aliphatic rings. The maximum Gasteiger partial charge on any atom is 0.261 e. The van der Waals surface area contributed by atoms with Crippen LogP contribution in [0.1, 0.15) is 19.4 Å². The third-order valence-electron chi connectivity index (χ3n) is 4.62. The predicted octanol–water partition coefficient (Wildman–Crippen LogP) is 6.10. The number of anilines is 2. The molecule has 3 rings (SSSR count). The molecule has 0 heterocycles. The van der Waals surface area contributed by atoms with Crippen molar-refractivity contribution in [2.45, 2.75) is 34.3 Å². The molecule has 0 spiro atoms. The third-order valence-corrected chi connectivity index (χ3v) is 7.88. The van der Waals surface area contributed by atoms with Gasteiger partial charge in [-0.2, -0.15) is 0 Å². The van der Waals surface area contributed by atoms with Gasteiger partial charge in [-0.3, -0.25) is 9.52 Å². The van der Waals surface area contributed by atoms with Gasteiger partial charge in [-0.15, -0.1) is 23.5 Å². The molecule has 0 aromatic heterocycles. The van der Waals surface area contributed by atoms with Crippen LogP contribution < -0.4 is 10.0 Å². The highest BCUT2D eigenvalue weighted by Gasteiger charge is 2.18. The van der Waals surface area contributed by atoms with E-state index < -0.39 is 10.0 Å². The van der Waals surface area contributed by atoms with E-state index in [9.17, 15) is 13.2 Å². The van der Waals surface area contributed by atoms with Crippen LogP contribution in [0.3, 0.4) is 0 Å². The molecule has 1 amide bonds. The zero-order valence-electron chi connectivity index (χ0n) is 18.2. The summed E-state index contributed by atoms with van der Waals surface area (Å²) in [6.07, 6.45) is 1.88. The number of sulfonamides is 1. The molecule has 0 atom stereocenters. The van der Waals surface area contributed by atoms with Gasteiger partial charge in [-0.25, -0.2) is 8.42 Å². The summed E-state index contributed by atoms with van der Waals surface area (Å²) in [4.78, 5) is 14.2. The normalized spacial score (nSPS) is 11.4. The van der Waals surface area contributed by atoms with E-state index in [0.717, 1.165) is 16.2 Å². The van der Waals surface area contributed by atoms with Crippen molar-refractivity contribution in [3.05, 3.63) is 78.4 Å². The Morgan fingerprint density at radius 1 is 0.969 bits per heavy atom. The zero-order chi connectivity index (χ0) is 23.1. The van der Waals surface area contributed by atoms with Crippen LogP contribution in [-0.4, -0.2) is 20.6 Å². The van der Waals surface area contributed by atoms with Crippen molar-refractivity contribution in [1.29, 1.82) is 0 Å². The second kappa shape index (κ2) is 10.9. The Morgan fingerprint density at radius 3 is 2.28 bits per heavy atom. The van der Waals surface area contributed by atoms with Gasteiger partial charge in [0.05, 0.1) is 10.6 Å². The van der Waals surface area contributed by atoms with E-state index in [4.69, 9.17) is 0 Å². The molecule has 0 bridgehead atoms. The molecular weight excluding hydrogens is 460 g/mol. The Hall–Kier alpha value is -2.42. The summed E-state index contributed by atoms with van der Waals surface area (Å²) in [5.74, 6) is 0.431. The SMILES string of the molecule is CSc1ccc(S(=O)(=O)Nc2ccc(CSc3ccccc3)cc2)cc1NC(=O)C(C)C. The first-order valence-electron chi connectivity index (χ1n) is 10.1. The van der Waals surface area contributed by atoms with Crippen molar-refractivity contribution in [2.75, 3.05) is 16.3 Å². The van der Waals surface area contributed by atoms with Gasteiger partial charge in [-0.05, 0) is 54.3 Å². The number of carbonyl (C=O) groups excluding carboxylic acids is 1. The number of amides is 1. The van der Waals surface area contributed by atoms with Crippen molar-refractivity contribution in [3.8, 4) is 0 Å². The van der Waals surface area contributed by atoms with E-state index in [1.165, 1.54) is 22.7 Å². The number of nitrogens with one attached hydrogen (secondary N) is 2. The summed E-state index contributed by atoms with van der Waals surface area (Å²) in [5.41, 5.74) is 2.08. The highest BCUT2D eigenvalue weighted by atomic mass is 32.2. The van der Waals surface area contributed by atoms with Crippen molar-refractivity contribution >= 4 is 50.8 Å². The number of carbonyl (C=O) groups is 1. The molecule has 3 aromatic rings. The molecule has 8 heteroatoms. The van der Waals surface area contributed by atoms with E-state index in [2.05, 4.69) is 22.2 Å². The maximum absolute atomic E-state index is 12.9. The van der Waals surface area contributed by atoms with E-state index in [-0.39, 0.29) is 16.7 Å². The van der Waals surface area contributed by atoms with Crippen LogP contribution in [0.25, 0.3) is 0 Å². The monoisotopic (exact) mass is 486 g/mol. The first kappa shape index (κ1) is 24.2. The molecule has 0 unspecified atom stereocenters. The largest absolute Gasteiger partial charge is 0.325 e. The molecule has 2 N–H and O–H groups in total. The van der Waals surface area contributed by atoms with Crippen molar-refractivity contribution in [3.63, 3.8) is 0 Å². The molecular formula is C24H26N2O3S3. The first-order chi connectivity index (χ1) is 15.3. The first-order valence-corrected chi connectivity index (χ1v) is 13.8. The molecule has 5 nitrogen and oxygen atoms in total. The van der Waals surface area contributed by atoms with Gasteiger partial charge in [0.25, 0.3) is 10.0 Å².